The lowest BCUT2D eigenvalue weighted by molar-refractivity contribution is -0.139. The van der Waals surface area contributed by atoms with Crippen LogP contribution in [0.2, 0.25) is 0 Å². The molecule has 24 heavy (non-hydrogen) atoms. The van der Waals surface area contributed by atoms with Crippen molar-refractivity contribution >= 4 is 44.4 Å². The van der Waals surface area contributed by atoms with Gasteiger partial charge in [-0.3, -0.25) is 4.79 Å². The van der Waals surface area contributed by atoms with E-state index in [1.807, 2.05) is 0 Å². The summed E-state index contributed by atoms with van der Waals surface area (Å²) >= 11 is 1.42. The van der Waals surface area contributed by atoms with Gasteiger partial charge in [0.15, 0.2) is 0 Å². The van der Waals surface area contributed by atoms with Crippen molar-refractivity contribution in [2.45, 2.75) is 17.4 Å². The van der Waals surface area contributed by atoms with Crippen LogP contribution in [0, 0.1) is 0 Å². The topological polar surface area (TPSA) is 140 Å². The van der Waals surface area contributed by atoms with E-state index in [2.05, 4.69) is 4.72 Å². The molecule has 0 saturated carbocycles. The summed E-state index contributed by atoms with van der Waals surface area (Å²) in [6, 6.07) is 3.91. The number of nitrogen functional groups attached to an aromatic ring is 1. The molecule has 130 valence electrons. The van der Waals surface area contributed by atoms with Gasteiger partial charge in [-0.2, -0.15) is 16.5 Å². The summed E-state index contributed by atoms with van der Waals surface area (Å²) in [5.74, 6) is -0.748. The number of sulfonamides is 1. The number of nitrogens with one attached hydrogen (secondary N) is 1. The second kappa shape index (κ2) is 7.24. The van der Waals surface area contributed by atoms with E-state index in [1.165, 1.54) is 36.0 Å². The second-order valence-electron chi connectivity index (χ2n) is 4.98. The highest BCUT2D eigenvalue weighted by Gasteiger charge is 2.25. The zero-order valence-electron chi connectivity index (χ0n) is 12.7. The summed E-state index contributed by atoms with van der Waals surface area (Å²) in [6.07, 6.45) is 1.96. The average Bonchev–Trinajstić information content (AvgIpc) is 2.51. The van der Waals surface area contributed by atoms with E-state index in [-0.39, 0.29) is 22.6 Å². The lowest BCUT2D eigenvalue weighted by atomic mass is 10.2. The smallest absolute Gasteiger partial charge is 0.359 e. The van der Waals surface area contributed by atoms with Crippen molar-refractivity contribution in [3.63, 3.8) is 0 Å². The van der Waals surface area contributed by atoms with E-state index in [0.717, 1.165) is 0 Å². The van der Waals surface area contributed by atoms with Crippen molar-refractivity contribution in [1.82, 2.24) is 4.72 Å². The number of carboxylic acid groups (broad SMARTS) is 1. The van der Waals surface area contributed by atoms with Crippen LogP contribution in [0.5, 0.6) is 0 Å². The summed E-state index contributed by atoms with van der Waals surface area (Å²) in [5.41, 5.74) is 4.80. The van der Waals surface area contributed by atoms with E-state index < -0.39 is 27.7 Å². The Morgan fingerprint density at radius 2 is 2.12 bits per heavy atom. The number of nitrogens with two attached hydrogens (primary N) is 1. The molecule has 0 unspecified atom stereocenters. The number of anilines is 1. The molecule has 0 bridgehead atoms. The number of rotatable bonds is 7. The third-order valence-corrected chi connectivity index (χ3v) is 5.36. The summed E-state index contributed by atoms with van der Waals surface area (Å²) in [5, 5.41) is 9.47. The number of thioether (sulfide) groups is 1. The molecule has 4 N–H and O–H groups in total. The molecule has 1 heterocycles. The second-order valence-corrected chi connectivity index (χ2v) is 7.68. The first-order chi connectivity index (χ1) is 11.2. The first-order valence-electron chi connectivity index (χ1n) is 6.82. The number of hydrogen-bond donors (Lipinski definition) is 3. The zero-order chi connectivity index (χ0) is 17.9. The molecule has 1 atom stereocenters. The molecule has 0 fully saturated rings. The Balaban J connectivity index is 2.37. The van der Waals surface area contributed by atoms with Gasteiger partial charge in [-0.05, 0) is 42.7 Å². The van der Waals surface area contributed by atoms with Crippen molar-refractivity contribution in [2.75, 3.05) is 17.7 Å². The van der Waals surface area contributed by atoms with Crippen LogP contribution >= 0.6 is 11.8 Å². The monoisotopic (exact) mass is 372 g/mol. The van der Waals surface area contributed by atoms with Gasteiger partial charge in [-0.1, -0.05) is 0 Å². The zero-order valence-corrected chi connectivity index (χ0v) is 14.3. The molecule has 0 spiro atoms. The largest absolute Gasteiger partial charge is 0.480 e. The van der Waals surface area contributed by atoms with Crippen LogP contribution in [0.25, 0.3) is 11.0 Å². The number of hydrogen-bond acceptors (Lipinski definition) is 7. The molecule has 1 aromatic carbocycles. The highest BCUT2D eigenvalue weighted by molar-refractivity contribution is 7.98. The normalized spacial score (nSPS) is 13.0. The molecule has 8 nitrogen and oxygen atoms in total. The summed E-state index contributed by atoms with van der Waals surface area (Å²) in [6.45, 7) is 0. The predicted octanol–water partition coefficient (Wildman–Crippen LogP) is 0.860. The molecule has 0 aliphatic rings. The van der Waals surface area contributed by atoms with Crippen molar-refractivity contribution in [3.05, 3.63) is 34.7 Å². The Kier molecular flexibility index (Phi) is 5.52. The van der Waals surface area contributed by atoms with Crippen LogP contribution in [0.4, 0.5) is 5.69 Å². The Hall–Kier alpha value is -2.04. The molecular formula is C14H16N2O6S2. The fourth-order valence-corrected chi connectivity index (χ4v) is 3.74. The van der Waals surface area contributed by atoms with Gasteiger partial charge < -0.3 is 15.3 Å². The summed E-state index contributed by atoms with van der Waals surface area (Å²) in [7, 11) is -4.05. The molecule has 0 aliphatic carbocycles. The van der Waals surface area contributed by atoms with E-state index in [4.69, 9.17) is 15.3 Å². The third-order valence-electron chi connectivity index (χ3n) is 3.25. The average molecular weight is 372 g/mol. The number of carbonyl (C=O) groups is 1. The van der Waals surface area contributed by atoms with E-state index in [9.17, 15) is 18.0 Å². The van der Waals surface area contributed by atoms with Gasteiger partial charge >= 0.3 is 11.6 Å². The highest BCUT2D eigenvalue weighted by Crippen LogP contribution is 2.20. The van der Waals surface area contributed by atoms with Gasteiger partial charge in [0.25, 0.3) is 0 Å². The number of fused-ring (bicyclic) bond motifs is 1. The van der Waals surface area contributed by atoms with Crippen LogP contribution in [0.1, 0.15) is 6.42 Å². The standard InChI is InChI=1S/C14H16N2O6S2/c1-23-5-4-11(13(17)18)16-24(20,21)9-2-3-12-8(6-9)7-10(15)14(19)22-12/h2-3,6-7,11,16H,4-5,15H2,1H3,(H,17,18)/t11-/m0/s1. The minimum atomic E-state index is -4.05. The molecule has 0 radical (unpaired) electrons. The van der Waals surface area contributed by atoms with Crippen molar-refractivity contribution in [1.29, 1.82) is 0 Å². The van der Waals surface area contributed by atoms with Gasteiger partial charge in [0.1, 0.15) is 17.3 Å². The van der Waals surface area contributed by atoms with Crippen molar-refractivity contribution in [2.24, 2.45) is 0 Å². The summed E-state index contributed by atoms with van der Waals surface area (Å²) in [4.78, 5) is 22.4. The van der Waals surface area contributed by atoms with Crippen LogP contribution in [0.3, 0.4) is 0 Å². The van der Waals surface area contributed by atoms with E-state index >= 15 is 0 Å². The molecule has 0 saturated heterocycles. The van der Waals surface area contributed by atoms with Crippen LogP contribution in [-0.4, -0.2) is 37.5 Å². The Morgan fingerprint density at radius 3 is 2.75 bits per heavy atom. The van der Waals surface area contributed by atoms with Gasteiger partial charge in [0.2, 0.25) is 10.0 Å². The number of aliphatic carboxylic acids is 1. The van der Waals surface area contributed by atoms with Crippen molar-refractivity contribution < 1.29 is 22.7 Å². The molecule has 0 amide bonds. The molecule has 1 aromatic heterocycles. The Labute approximate surface area is 142 Å². The quantitative estimate of drug-likeness (QED) is 0.608. The van der Waals surface area contributed by atoms with Gasteiger partial charge in [0, 0.05) is 5.39 Å². The first kappa shape index (κ1) is 18.3. The van der Waals surface area contributed by atoms with Gasteiger partial charge in [-0.15, -0.1) is 0 Å². The first-order valence-corrected chi connectivity index (χ1v) is 9.70. The maximum Gasteiger partial charge on any atom is 0.359 e. The number of benzene rings is 1. The molecule has 10 heteroatoms. The molecule has 2 rings (SSSR count). The fraction of sp³-hybridized carbons (Fsp3) is 0.286. The van der Waals surface area contributed by atoms with Crippen LogP contribution in [0.15, 0.2) is 38.4 Å². The predicted molar refractivity (Wildman–Crippen MR) is 91.6 cm³/mol. The molecular weight excluding hydrogens is 356 g/mol. The summed E-state index contributed by atoms with van der Waals surface area (Å²) < 4.78 is 31.9. The Bertz CT molecular complexity index is 922. The maximum absolute atomic E-state index is 12.4. The lowest BCUT2D eigenvalue weighted by Gasteiger charge is -2.14. The highest BCUT2D eigenvalue weighted by atomic mass is 32.2. The minimum absolute atomic E-state index is 0.140. The third kappa shape index (κ3) is 4.08. The van der Waals surface area contributed by atoms with Crippen LogP contribution < -0.4 is 16.1 Å². The van der Waals surface area contributed by atoms with Crippen LogP contribution in [-0.2, 0) is 14.8 Å². The van der Waals surface area contributed by atoms with Gasteiger partial charge in [0.05, 0.1) is 4.90 Å². The SMILES string of the molecule is CSCC[C@H](NS(=O)(=O)c1ccc2oc(=O)c(N)cc2c1)C(=O)O. The van der Waals surface area contributed by atoms with E-state index in [1.54, 1.807) is 6.26 Å². The molecule has 0 aliphatic heterocycles. The van der Waals surface area contributed by atoms with E-state index in [0.29, 0.717) is 11.1 Å². The maximum atomic E-state index is 12.4. The fourth-order valence-electron chi connectivity index (χ4n) is 2.01. The Morgan fingerprint density at radius 1 is 1.42 bits per heavy atom. The van der Waals surface area contributed by atoms with Crippen molar-refractivity contribution in [3.8, 4) is 0 Å². The lowest BCUT2D eigenvalue weighted by Crippen LogP contribution is -2.41. The van der Waals surface area contributed by atoms with Gasteiger partial charge in [-0.25, -0.2) is 13.2 Å². The molecule has 2 aromatic rings. The minimum Gasteiger partial charge on any atom is -0.480 e. The number of carboxylic acids is 1.